The summed E-state index contributed by atoms with van der Waals surface area (Å²) < 4.78 is 65.5. The molecule has 0 radical (unpaired) electrons. The Labute approximate surface area is 125 Å². The highest BCUT2D eigenvalue weighted by atomic mass is 19.2. The molecule has 0 fully saturated rings. The molecule has 0 unspecified atom stereocenters. The molecule has 0 aliphatic carbocycles. The molecule has 0 saturated heterocycles. The minimum absolute atomic E-state index is 0.0395. The van der Waals surface area contributed by atoms with Crippen LogP contribution in [0.4, 0.5) is 22.0 Å². The first kappa shape index (κ1) is 16.4. The van der Waals surface area contributed by atoms with Crippen LogP contribution in [0.3, 0.4) is 0 Å². The van der Waals surface area contributed by atoms with E-state index in [2.05, 4.69) is 4.84 Å². The van der Waals surface area contributed by atoms with Crippen molar-refractivity contribution in [2.75, 3.05) is 0 Å². The zero-order valence-corrected chi connectivity index (χ0v) is 11.0. The molecular weight excluding hydrogens is 325 g/mol. The van der Waals surface area contributed by atoms with E-state index in [1.54, 1.807) is 11.5 Å². The van der Waals surface area contributed by atoms with Crippen LogP contribution in [-0.2, 0) is 4.84 Å². The Bertz CT molecular complexity index is 751. The van der Waals surface area contributed by atoms with E-state index < -0.39 is 46.5 Å². The maximum absolute atomic E-state index is 13.4. The number of nitrogens with one attached hydrogen (secondary N) is 1. The van der Waals surface area contributed by atoms with Crippen molar-refractivity contribution in [2.24, 2.45) is 0 Å². The second-order valence-corrected chi connectivity index (χ2v) is 4.13. The lowest BCUT2D eigenvalue weighted by atomic mass is 10.1. The van der Waals surface area contributed by atoms with Crippen molar-refractivity contribution >= 4 is 11.9 Å². The van der Waals surface area contributed by atoms with Crippen LogP contribution in [0.2, 0.25) is 0 Å². The van der Waals surface area contributed by atoms with Crippen LogP contribution < -0.4 is 5.48 Å². The predicted octanol–water partition coefficient (Wildman–Crippen LogP) is 2.88. The molecule has 0 atom stereocenters. The zero-order valence-electron chi connectivity index (χ0n) is 11.0. The van der Waals surface area contributed by atoms with Gasteiger partial charge in [0, 0.05) is 5.56 Å². The molecule has 0 spiro atoms. The average Bonchev–Trinajstić information content (AvgIpc) is 2.57. The molecule has 0 saturated carbocycles. The van der Waals surface area contributed by atoms with Crippen LogP contribution in [0.1, 0.15) is 20.7 Å². The van der Waals surface area contributed by atoms with Gasteiger partial charge in [-0.3, -0.25) is 4.79 Å². The smallest absolute Gasteiger partial charge is 0.335 e. The summed E-state index contributed by atoms with van der Waals surface area (Å²) >= 11 is 0. The fraction of sp³-hybridized carbons (Fsp3) is 0. The van der Waals surface area contributed by atoms with E-state index >= 15 is 0 Å². The van der Waals surface area contributed by atoms with E-state index in [0.29, 0.717) is 0 Å². The van der Waals surface area contributed by atoms with Gasteiger partial charge < -0.3 is 4.84 Å². The molecule has 2 rings (SSSR count). The number of rotatable bonds is 2. The summed E-state index contributed by atoms with van der Waals surface area (Å²) in [5.74, 6) is -14.6. The van der Waals surface area contributed by atoms with Crippen molar-refractivity contribution < 1.29 is 36.4 Å². The molecule has 120 valence electrons. The van der Waals surface area contributed by atoms with Gasteiger partial charge in [0.2, 0.25) is 5.82 Å². The molecule has 2 aromatic rings. The van der Waals surface area contributed by atoms with Crippen molar-refractivity contribution in [3.63, 3.8) is 0 Å². The molecule has 23 heavy (non-hydrogen) atoms. The minimum atomic E-state index is -2.41. The van der Waals surface area contributed by atoms with E-state index in [1.165, 1.54) is 24.3 Å². The van der Waals surface area contributed by atoms with Crippen LogP contribution in [0.25, 0.3) is 0 Å². The topological polar surface area (TPSA) is 55.4 Å². The molecule has 0 bridgehead atoms. The molecular formula is C14H6F5NO3. The molecule has 4 nitrogen and oxygen atoms in total. The first-order valence-corrected chi connectivity index (χ1v) is 5.92. The Morgan fingerprint density at radius 2 is 1.26 bits per heavy atom. The Kier molecular flexibility index (Phi) is 4.58. The van der Waals surface area contributed by atoms with Gasteiger partial charge in [0.15, 0.2) is 23.3 Å². The van der Waals surface area contributed by atoms with E-state index in [-0.39, 0.29) is 5.56 Å². The van der Waals surface area contributed by atoms with Gasteiger partial charge in [0.1, 0.15) is 5.56 Å². The van der Waals surface area contributed by atoms with Gasteiger partial charge >= 0.3 is 5.97 Å². The number of hydrogen-bond donors (Lipinski definition) is 1. The molecule has 2 aromatic carbocycles. The highest BCUT2D eigenvalue weighted by Crippen LogP contribution is 2.23. The maximum atomic E-state index is 13.4. The van der Waals surface area contributed by atoms with Crippen molar-refractivity contribution in [1.82, 2.24) is 5.48 Å². The number of benzene rings is 2. The Hall–Kier alpha value is -2.97. The number of carbonyl (C=O) groups excluding carboxylic acids is 2. The summed E-state index contributed by atoms with van der Waals surface area (Å²) in [4.78, 5) is 27.1. The molecule has 0 heterocycles. The van der Waals surface area contributed by atoms with Gasteiger partial charge in [0.25, 0.3) is 5.91 Å². The molecule has 9 heteroatoms. The third kappa shape index (κ3) is 3.12. The van der Waals surface area contributed by atoms with Gasteiger partial charge in [-0.15, -0.1) is 0 Å². The normalized spacial score (nSPS) is 10.3. The monoisotopic (exact) mass is 331 g/mol. The van der Waals surface area contributed by atoms with Crippen LogP contribution in [-0.4, -0.2) is 11.9 Å². The molecule has 0 aliphatic heterocycles. The number of carbonyl (C=O) groups is 2. The molecule has 0 aromatic heterocycles. The predicted molar refractivity (Wildman–Crippen MR) is 65.6 cm³/mol. The standard InChI is InChI=1S/C14H6F5NO3/c15-8-7(9(16)11(18)12(19)10(8)17)14(22)23-20-13(21)6-4-2-1-3-5-6/h1-5H,(H,20,21). The first-order chi connectivity index (χ1) is 10.8. The van der Waals surface area contributed by atoms with Crippen molar-refractivity contribution in [3.8, 4) is 0 Å². The first-order valence-electron chi connectivity index (χ1n) is 5.92. The second kappa shape index (κ2) is 6.42. The van der Waals surface area contributed by atoms with E-state index in [1.807, 2.05) is 0 Å². The molecule has 0 aliphatic rings. The van der Waals surface area contributed by atoms with Crippen LogP contribution in [0, 0.1) is 29.1 Å². The number of halogens is 5. The maximum Gasteiger partial charge on any atom is 0.369 e. The van der Waals surface area contributed by atoms with E-state index in [0.717, 1.165) is 0 Å². The summed E-state index contributed by atoms with van der Waals surface area (Å²) in [6.45, 7) is 0. The van der Waals surface area contributed by atoms with Gasteiger partial charge in [-0.2, -0.15) is 5.48 Å². The summed E-state index contributed by atoms with van der Waals surface area (Å²) in [6, 6.07) is 7.24. The molecule has 1 amide bonds. The SMILES string of the molecule is O=C(NOC(=O)c1c(F)c(F)c(F)c(F)c1F)c1ccccc1. The summed E-state index contributed by atoms with van der Waals surface area (Å²) in [6.07, 6.45) is 0. The van der Waals surface area contributed by atoms with Gasteiger partial charge in [-0.1, -0.05) is 18.2 Å². The van der Waals surface area contributed by atoms with Crippen LogP contribution >= 0.6 is 0 Å². The van der Waals surface area contributed by atoms with E-state index in [9.17, 15) is 31.5 Å². The lowest BCUT2D eigenvalue weighted by Crippen LogP contribution is -2.28. The highest BCUT2D eigenvalue weighted by molar-refractivity contribution is 5.96. The average molecular weight is 331 g/mol. The van der Waals surface area contributed by atoms with Crippen molar-refractivity contribution in [3.05, 3.63) is 70.5 Å². The Balaban J connectivity index is 2.21. The summed E-state index contributed by atoms with van der Waals surface area (Å²) in [7, 11) is 0. The van der Waals surface area contributed by atoms with Gasteiger partial charge in [-0.25, -0.2) is 26.7 Å². The van der Waals surface area contributed by atoms with Gasteiger partial charge in [-0.05, 0) is 12.1 Å². The second-order valence-electron chi connectivity index (χ2n) is 4.13. The lowest BCUT2D eigenvalue weighted by Gasteiger charge is -2.08. The van der Waals surface area contributed by atoms with Crippen LogP contribution in [0.15, 0.2) is 30.3 Å². The third-order valence-corrected chi connectivity index (χ3v) is 2.69. The Morgan fingerprint density at radius 3 is 1.78 bits per heavy atom. The minimum Gasteiger partial charge on any atom is -0.335 e. The fourth-order valence-corrected chi connectivity index (χ4v) is 1.58. The number of amides is 1. The summed E-state index contributed by atoms with van der Waals surface area (Å²) in [5, 5.41) is 0. The molecule has 1 N–H and O–H groups in total. The van der Waals surface area contributed by atoms with Crippen LogP contribution in [0.5, 0.6) is 0 Å². The fourth-order valence-electron chi connectivity index (χ4n) is 1.58. The lowest BCUT2D eigenvalue weighted by molar-refractivity contribution is 0.0218. The largest absolute Gasteiger partial charge is 0.369 e. The van der Waals surface area contributed by atoms with Crippen molar-refractivity contribution in [2.45, 2.75) is 0 Å². The van der Waals surface area contributed by atoms with Gasteiger partial charge in [0.05, 0.1) is 0 Å². The van der Waals surface area contributed by atoms with E-state index in [4.69, 9.17) is 0 Å². The quantitative estimate of drug-likeness (QED) is 0.398. The highest BCUT2D eigenvalue weighted by Gasteiger charge is 2.31. The number of hydroxylamine groups is 1. The van der Waals surface area contributed by atoms with Crippen molar-refractivity contribution in [1.29, 1.82) is 0 Å². The summed E-state index contributed by atoms with van der Waals surface area (Å²) in [5.41, 5.74) is -0.226. The zero-order chi connectivity index (χ0) is 17.1. The third-order valence-electron chi connectivity index (χ3n) is 2.69. The number of hydrogen-bond acceptors (Lipinski definition) is 3. The Morgan fingerprint density at radius 1 is 0.783 bits per heavy atom.